The molecule has 6 heteroatoms. The Morgan fingerprint density at radius 3 is 0.778 bits per heavy atom. The van der Waals surface area contributed by atoms with Crippen molar-refractivity contribution >= 4 is 17.9 Å². The molecule has 0 spiro atoms. The van der Waals surface area contributed by atoms with E-state index in [0.29, 0.717) is 19.3 Å². The van der Waals surface area contributed by atoms with Gasteiger partial charge in [-0.2, -0.15) is 0 Å². The number of unbranched alkanes of at least 4 members (excludes halogenated alkanes) is 21. The topological polar surface area (TPSA) is 78.9 Å². The zero-order valence-electron chi connectivity index (χ0n) is 52.2. The maximum absolute atomic E-state index is 12.9. The van der Waals surface area contributed by atoms with E-state index in [0.717, 1.165) is 148 Å². The molecule has 0 saturated heterocycles. The van der Waals surface area contributed by atoms with Crippen LogP contribution in [0.5, 0.6) is 0 Å². The second-order valence-corrected chi connectivity index (χ2v) is 21.3. The highest BCUT2D eigenvalue weighted by atomic mass is 16.6. The monoisotopic (exact) mass is 1120 g/mol. The third-order valence-electron chi connectivity index (χ3n) is 13.5. The van der Waals surface area contributed by atoms with Gasteiger partial charge in [0, 0.05) is 19.3 Å². The first-order valence-electron chi connectivity index (χ1n) is 33.0. The fourth-order valence-corrected chi connectivity index (χ4v) is 8.62. The van der Waals surface area contributed by atoms with E-state index >= 15 is 0 Å². The summed E-state index contributed by atoms with van der Waals surface area (Å²) in [4.78, 5) is 38.4. The van der Waals surface area contributed by atoms with Gasteiger partial charge in [-0.1, -0.05) is 269 Å². The summed E-state index contributed by atoms with van der Waals surface area (Å²) in [6.45, 7) is 6.35. The second kappa shape index (κ2) is 67.5. The van der Waals surface area contributed by atoms with E-state index in [9.17, 15) is 14.4 Å². The van der Waals surface area contributed by atoms with Gasteiger partial charge in [0.2, 0.25) is 0 Å². The summed E-state index contributed by atoms with van der Waals surface area (Å²) in [6.07, 6.45) is 98.1. The lowest BCUT2D eigenvalue weighted by Gasteiger charge is -2.18. The first-order chi connectivity index (χ1) is 40.0. The summed E-state index contributed by atoms with van der Waals surface area (Å²) in [7, 11) is 0. The van der Waals surface area contributed by atoms with Crippen molar-refractivity contribution < 1.29 is 28.6 Å². The molecule has 0 saturated carbocycles. The van der Waals surface area contributed by atoms with Crippen molar-refractivity contribution in [2.45, 2.75) is 284 Å². The predicted octanol–water partition coefficient (Wildman–Crippen LogP) is 22.9. The minimum Gasteiger partial charge on any atom is -0.462 e. The van der Waals surface area contributed by atoms with Crippen LogP contribution < -0.4 is 0 Å². The van der Waals surface area contributed by atoms with E-state index in [1.54, 1.807) is 0 Å². The van der Waals surface area contributed by atoms with Crippen LogP contribution in [0.3, 0.4) is 0 Å². The molecule has 0 heterocycles. The van der Waals surface area contributed by atoms with Crippen LogP contribution in [0, 0.1) is 0 Å². The summed E-state index contributed by atoms with van der Waals surface area (Å²) >= 11 is 0. The average Bonchev–Trinajstić information content (AvgIpc) is 3.47. The van der Waals surface area contributed by atoms with Gasteiger partial charge >= 0.3 is 17.9 Å². The molecule has 0 aliphatic rings. The minimum absolute atomic E-state index is 0.109. The van der Waals surface area contributed by atoms with Crippen molar-refractivity contribution in [3.05, 3.63) is 158 Å². The Balaban J connectivity index is 4.54. The normalized spacial score (nSPS) is 13.2. The molecule has 0 amide bonds. The van der Waals surface area contributed by atoms with Gasteiger partial charge in [-0.25, -0.2) is 0 Å². The van der Waals surface area contributed by atoms with E-state index in [2.05, 4.69) is 179 Å². The number of carbonyl (C=O) groups is 3. The number of hydrogen-bond acceptors (Lipinski definition) is 6. The Hall–Kier alpha value is -4.97. The van der Waals surface area contributed by atoms with Crippen LogP contribution in [-0.4, -0.2) is 37.2 Å². The van der Waals surface area contributed by atoms with Crippen LogP contribution in [0.2, 0.25) is 0 Å². The Morgan fingerprint density at radius 2 is 0.481 bits per heavy atom. The molecule has 456 valence electrons. The van der Waals surface area contributed by atoms with Crippen LogP contribution >= 0.6 is 0 Å². The zero-order chi connectivity index (χ0) is 58.5. The molecule has 0 N–H and O–H groups in total. The lowest BCUT2D eigenvalue weighted by molar-refractivity contribution is -0.167. The van der Waals surface area contributed by atoms with Gasteiger partial charge in [-0.15, -0.1) is 0 Å². The molecule has 1 unspecified atom stereocenters. The summed E-state index contributed by atoms with van der Waals surface area (Å²) in [5.74, 6) is -0.977. The van der Waals surface area contributed by atoms with Crippen molar-refractivity contribution in [1.29, 1.82) is 0 Å². The van der Waals surface area contributed by atoms with Crippen molar-refractivity contribution in [3.8, 4) is 0 Å². The van der Waals surface area contributed by atoms with Gasteiger partial charge in [0.05, 0.1) is 0 Å². The van der Waals surface area contributed by atoms with E-state index in [4.69, 9.17) is 14.2 Å². The molecule has 0 aromatic carbocycles. The molecule has 0 fully saturated rings. The molecule has 81 heavy (non-hydrogen) atoms. The maximum atomic E-state index is 12.9. The molecule has 0 radical (unpaired) electrons. The zero-order valence-corrected chi connectivity index (χ0v) is 52.2. The number of hydrogen-bond donors (Lipinski definition) is 0. The van der Waals surface area contributed by atoms with Gasteiger partial charge in [0.25, 0.3) is 0 Å². The van der Waals surface area contributed by atoms with Crippen molar-refractivity contribution in [2.24, 2.45) is 0 Å². The molecule has 0 rings (SSSR count). The highest BCUT2D eigenvalue weighted by Crippen LogP contribution is 2.14. The molecule has 0 aromatic heterocycles. The quantitative estimate of drug-likeness (QED) is 0.0261. The third kappa shape index (κ3) is 65.7. The van der Waals surface area contributed by atoms with Gasteiger partial charge < -0.3 is 14.2 Å². The van der Waals surface area contributed by atoms with Crippen molar-refractivity contribution in [1.82, 2.24) is 0 Å². The second-order valence-electron chi connectivity index (χ2n) is 21.3. The van der Waals surface area contributed by atoms with E-state index in [-0.39, 0.29) is 37.5 Å². The number of rotatable bonds is 58. The highest BCUT2D eigenvalue weighted by molar-refractivity contribution is 5.71. The molecule has 1 atom stereocenters. The first-order valence-corrected chi connectivity index (χ1v) is 33.0. The summed E-state index contributed by atoms with van der Waals surface area (Å²) in [6, 6.07) is 0. The number of esters is 3. The van der Waals surface area contributed by atoms with E-state index in [1.807, 2.05) is 0 Å². The highest BCUT2D eigenvalue weighted by Gasteiger charge is 2.19. The Labute approximate surface area is 499 Å². The van der Waals surface area contributed by atoms with E-state index < -0.39 is 6.10 Å². The Kier molecular flexibility index (Phi) is 63.4. The molecule has 0 aliphatic carbocycles. The van der Waals surface area contributed by atoms with Crippen LogP contribution in [0.15, 0.2) is 158 Å². The van der Waals surface area contributed by atoms with Gasteiger partial charge in [0.15, 0.2) is 6.10 Å². The van der Waals surface area contributed by atoms with E-state index in [1.165, 1.54) is 83.5 Å². The Bertz CT molecular complexity index is 1810. The molecule has 6 nitrogen and oxygen atoms in total. The number of ether oxygens (including phenoxy) is 3. The molecule has 0 aliphatic heterocycles. The summed E-state index contributed by atoms with van der Waals surface area (Å²) in [5.41, 5.74) is 0. The van der Waals surface area contributed by atoms with Gasteiger partial charge in [0.1, 0.15) is 13.2 Å². The maximum Gasteiger partial charge on any atom is 0.306 e. The van der Waals surface area contributed by atoms with Crippen LogP contribution in [-0.2, 0) is 28.6 Å². The molecule has 0 bridgehead atoms. The van der Waals surface area contributed by atoms with Crippen molar-refractivity contribution in [2.75, 3.05) is 13.2 Å². The summed E-state index contributed by atoms with van der Waals surface area (Å²) < 4.78 is 16.9. The fourth-order valence-electron chi connectivity index (χ4n) is 8.62. The first kappa shape index (κ1) is 76.0. The molecular formula is C75H120O6. The standard InChI is InChI=1S/C75H120O6/c1-4-7-10-13-16-19-22-25-28-31-34-37-40-43-46-49-52-55-58-61-64-67-73(76)79-70-72(81-75(78)69-66-63-60-57-54-51-48-45-42-39-36-33-30-27-24-21-18-15-12-9-6-3)71-80-74(77)68-65-62-59-56-53-50-47-44-41-38-35-32-29-26-23-20-17-14-11-8-5-2/h7,9-10,12,16,18-19,21,23,25-28,30,32,34-37,39,43,45-46,48,52,55,72H,4-6,8,11,13-15,17,20,22,24,29,31,33,38,40-42,44,47,49-51,53-54,56-71H2,1-3H3/b10-7-,12-9-,19-16-,21-18-,26-23-,28-25-,30-27-,35-32-,37-34-,39-36-,46-43-,48-45-,55-52-. The SMILES string of the molecule is CC/C=C\C/C=C\C/C=C\C/C=C\C/C=C\C/C=C\CCCCC(=O)OCC(COC(=O)CCCCCCCCCCC/C=C\C/C=C\CCCCCCC)OC(=O)CCCCCCC/C=C\C/C=C\C/C=C\C/C=C\C/C=C\CC. The minimum atomic E-state index is -0.819. The lowest BCUT2D eigenvalue weighted by atomic mass is 10.1. The molecular weight excluding hydrogens is 997 g/mol. The average molecular weight is 1120 g/mol. The number of carbonyl (C=O) groups excluding carboxylic acids is 3. The van der Waals surface area contributed by atoms with Crippen molar-refractivity contribution in [3.63, 3.8) is 0 Å². The van der Waals surface area contributed by atoms with Gasteiger partial charge in [-0.05, 0) is 148 Å². The van der Waals surface area contributed by atoms with Crippen LogP contribution in [0.1, 0.15) is 278 Å². The lowest BCUT2D eigenvalue weighted by Crippen LogP contribution is -2.30. The number of allylic oxidation sites excluding steroid dienone is 26. The fraction of sp³-hybridized carbons (Fsp3) is 0.613. The Morgan fingerprint density at radius 1 is 0.259 bits per heavy atom. The summed E-state index contributed by atoms with van der Waals surface area (Å²) in [5, 5.41) is 0. The van der Waals surface area contributed by atoms with Crippen LogP contribution in [0.4, 0.5) is 0 Å². The molecule has 0 aromatic rings. The largest absolute Gasteiger partial charge is 0.462 e. The van der Waals surface area contributed by atoms with Gasteiger partial charge in [-0.3, -0.25) is 14.4 Å². The van der Waals surface area contributed by atoms with Crippen LogP contribution in [0.25, 0.3) is 0 Å². The third-order valence-corrected chi connectivity index (χ3v) is 13.5. The predicted molar refractivity (Wildman–Crippen MR) is 352 cm³/mol. The smallest absolute Gasteiger partial charge is 0.306 e.